The van der Waals surface area contributed by atoms with E-state index in [-0.39, 0.29) is 11.3 Å². The number of rotatable bonds is 6. The van der Waals surface area contributed by atoms with Crippen LogP contribution in [0, 0.1) is 0 Å². The van der Waals surface area contributed by atoms with Crippen LogP contribution in [0.5, 0.6) is 11.5 Å². The van der Waals surface area contributed by atoms with Gasteiger partial charge in [0.1, 0.15) is 0 Å². The van der Waals surface area contributed by atoms with Crippen LogP contribution in [0.2, 0.25) is 10.0 Å². The van der Waals surface area contributed by atoms with E-state index in [0.717, 1.165) is 5.56 Å². The zero-order valence-electron chi connectivity index (χ0n) is 14.7. The molecule has 0 aliphatic carbocycles. The Labute approximate surface area is 158 Å². The second-order valence-corrected chi connectivity index (χ2v) is 7.08. The lowest BCUT2D eigenvalue weighted by atomic mass is 9.84. The van der Waals surface area contributed by atoms with E-state index in [1.807, 2.05) is 26.0 Å². The van der Waals surface area contributed by atoms with Gasteiger partial charge in [-0.2, -0.15) is 0 Å². The Bertz CT molecular complexity index is 775. The number of methoxy groups -OCH3 is 2. The number of carbonyl (C=O) groups excluding carboxylic acids is 1. The van der Waals surface area contributed by atoms with Gasteiger partial charge >= 0.3 is 0 Å². The molecule has 0 bridgehead atoms. The first-order chi connectivity index (χ1) is 11.8. The molecule has 0 spiro atoms. The smallest absolute Gasteiger partial charge is 0.251 e. The van der Waals surface area contributed by atoms with Gasteiger partial charge in [-0.3, -0.25) is 4.79 Å². The van der Waals surface area contributed by atoms with E-state index < -0.39 is 0 Å². The van der Waals surface area contributed by atoms with Crippen molar-refractivity contribution < 1.29 is 14.3 Å². The Balaban J connectivity index is 2.11. The highest BCUT2D eigenvalue weighted by molar-refractivity contribution is 6.42. The summed E-state index contributed by atoms with van der Waals surface area (Å²) in [4.78, 5) is 12.5. The van der Waals surface area contributed by atoms with E-state index in [1.165, 1.54) is 7.11 Å². The molecule has 1 N–H and O–H groups in total. The van der Waals surface area contributed by atoms with Gasteiger partial charge in [-0.05, 0) is 35.9 Å². The summed E-state index contributed by atoms with van der Waals surface area (Å²) < 4.78 is 10.4. The van der Waals surface area contributed by atoms with Gasteiger partial charge in [-0.1, -0.05) is 43.1 Å². The van der Waals surface area contributed by atoms with Gasteiger partial charge in [-0.25, -0.2) is 0 Å². The summed E-state index contributed by atoms with van der Waals surface area (Å²) in [7, 11) is 3.09. The number of ether oxygens (including phenoxy) is 2. The van der Waals surface area contributed by atoms with Gasteiger partial charge in [0.25, 0.3) is 5.91 Å². The minimum absolute atomic E-state index is 0.186. The minimum Gasteiger partial charge on any atom is -0.493 e. The third-order valence-corrected chi connectivity index (χ3v) is 4.78. The SMILES string of the molecule is COc1ccc(C(=O)NCC(C)(C)c2ccc(Cl)c(Cl)c2)cc1OC. The number of halogens is 2. The van der Waals surface area contributed by atoms with Gasteiger partial charge in [0.15, 0.2) is 11.5 Å². The maximum Gasteiger partial charge on any atom is 0.251 e. The normalized spacial score (nSPS) is 11.1. The minimum atomic E-state index is -0.305. The summed E-state index contributed by atoms with van der Waals surface area (Å²) in [6.07, 6.45) is 0. The average molecular weight is 382 g/mol. The predicted octanol–water partition coefficient (Wildman–Crippen LogP) is 4.72. The van der Waals surface area contributed by atoms with Gasteiger partial charge in [-0.15, -0.1) is 0 Å². The monoisotopic (exact) mass is 381 g/mol. The maximum atomic E-state index is 12.5. The van der Waals surface area contributed by atoms with Crippen LogP contribution in [0.15, 0.2) is 36.4 Å². The molecule has 2 rings (SSSR count). The van der Waals surface area contributed by atoms with Crippen LogP contribution in [0.1, 0.15) is 29.8 Å². The van der Waals surface area contributed by atoms with Crippen molar-refractivity contribution in [2.75, 3.05) is 20.8 Å². The molecule has 1 amide bonds. The van der Waals surface area contributed by atoms with Gasteiger partial charge in [0.05, 0.1) is 24.3 Å². The largest absolute Gasteiger partial charge is 0.493 e. The summed E-state index contributed by atoms with van der Waals surface area (Å²) in [5, 5.41) is 3.96. The third kappa shape index (κ3) is 4.59. The third-order valence-electron chi connectivity index (χ3n) is 4.04. The molecule has 0 saturated carbocycles. The molecule has 0 fully saturated rings. The summed E-state index contributed by atoms with van der Waals surface area (Å²) >= 11 is 12.1. The second-order valence-electron chi connectivity index (χ2n) is 6.27. The summed E-state index contributed by atoms with van der Waals surface area (Å²) in [5.74, 6) is 0.906. The van der Waals surface area contributed by atoms with Crippen molar-refractivity contribution in [1.82, 2.24) is 5.32 Å². The lowest BCUT2D eigenvalue weighted by Gasteiger charge is -2.26. The maximum absolute atomic E-state index is 12.5. The summed E-state index contributed by atoms with van der Waals surface area (Å²) in [6, 6.07) is 10.6. The number of hydrogen-bond donors (Lipinski definition) is 1. The first-order valence-electron chi connectivity index (χ1n) is 7.74. The van der Waals surface area contributed by atoms with E-state index in [2.05, 4.69) is 5.32 Å². The molecule has 0 aliphatic rings. The van der Waals surface area contributed by atoms with Crippen molar-refractivity contribution >= 4 is 29.1 Å². The highest BCUT2D eigenvalue weighted by Gasteiger charge is 2.23. The van der Waals surface area contributed by atoms with Crippen LogP contribution in [0.3, 0.4) is 0 Å². The molecule has 0 atom stereocenters. The van der Waals surface area contributed by atoms with Crippen LogP contribution in [-0.2, 0) is 5.41 Å². The van der Waals surface area contributed by atoms with Crippen molar-refractivity contribution in [3.05, 3.63) is 57.6 Å². The van der Waals surface area contributed by atoms with Crippen LogP contribution in [0.25, 0.3) is 0 Å². The Hall–Kier alpha value is -1.91. The van der Waals surface area contributed by atoms with E-state index >= 15 is 0 Å². The predicted molar refractivity (Wildman–Crippen MR) is 101 cm³/mol. The zero-order valence-corrected chi connectivity index (χ0v) is 16.2. The molecule has 2 aromatic carbocycles. The average Bonchev–Trinajstić information content (AvgIpc) is 2.61. The lowest BCUT2D eigenvalue weighted by molar-refractivity contribution is 0.0945. The highest BCUT2D eigenvalue weighted by Crippen LogP contribution is 2.30. The molecule has 0 aliphatic heterocycles. The molecule has 25 heavy (non-hydrogen) atoms. The molecule has 134 valence electrons. The number of carbonyl (C=O) groups is 1. The first kappa shape index (κ1) is 19.4. The van der Waals surface area contributed by atoms with Crippen LogP contribution in [-0.4, -0.2) is 26.7 Å². The highest BCUT2D eigenvalue weighted by atomic mass is 35.5. The van der Waals surface area contributed by atoms with Crippen molar-refractivity contribution in [1.29, 1.82) is 0 Å². The van der Waals surface area contributed by atoms with Gasteiger partial charge < -0.3 is 14.8 Å². The van der Waals surface area contributed by atoms with Crippen LogP contribution >= 0.6 is 23.2 Å². The molecule has 0 saturated heterocycles. The standard InChI is InChI=1S/C19H21Cl2NO3/c1-19(2,13-6-7-14(20)15(21)10-13)11-22-18(23)12-5-8-16(24-3)17(9-12)25-4/h5-10H,11H2,1-4H3,(H,22,23). The van der Waals surface area contributed by atoms with E-state index in [0.29, 0.717) is 33.7 Å². The molecule has 4 nitrogen and oxygen atoms in total. The quantitative estimate of drug-likeness (QED) is 0.787. The Kier molecular flexibility index (Phi) is 6.20. The van der Waals surface area contributed by atoms with Crippen molar-refractivity contribution in [2.45, 2.75) is 19.3 Å². The Morgan fingerprint density at radius 1 is 1.00 bits per heavy atom. The van der Waals surface area contributed by atoms with E-state index in [4.69, 9.17) is 32.7 Å². The van der Waals surface area contributed by atoms with Crippen molar-refractivity contribution in [2.24, 2.45) is 0 Å². The van der Waals surface area contributed by atoms with E-state index in [9.17, 15) is 4.79 Å². The molecular formula is C19H21Cl2NO3. The Morgan fingerprint density at radius 3 is 2.28 bits per heavy atom. The molecule has 0 aromatic heterocycles. The second kappa shape index (κ2) is 7.98. The van der Waals surface area contributed by atoms with Crippen molar-refractivity contribution in [3.63, 3.8) is 0 Å². The molecule has 0 unspecified atom stereocenters. The molecule has 6 heteroatoms. The number of amides is 1. The van der Waals surface area contributed by atoms with Crippen molar-refractivity contribution in [3.8, 4) is 11.5 Å². The van der Waals surface area contributed by atoms with Crippen LogP contribution in [0.4, 0.5) is 0 Å². The van der Waals surface area contributed by atoms with Crippen LogP contribution < -0.4 is 14.8 Å². The topological polar surface area (TPSA) is 47.6 Å². The van der Waals surface area contributed by atoms with E-state index in [1.54, 1.807) is 31.4 Å². The van der Waals surface area contributed by atoms with Gasteiger partial charge in [0, 0.05) is 17.5 Å². The molecule has 0 radical (unpaired) electrons. The molecule has 0 heterocycles. The fraction of sp³-hybridized carbons (Fsp3) is 0.316. The number of nitrogens with one attached hydrogen (secondary N) is 1. The first-order valence-corrected chi connectivity index (χ1v) is 8.50. The molecular weight excluding hydrogens is 361 g/mol. The summed E-state index contributed by atoms with van der Waals surface area (Å²) in [6.45, 7) is 4.50. The molecule has 2 aromatic rings. The summed E-state index contributed by atoms with van der Waals surface area (Å²) in [5.41, 5.74) is 1.19. The lowest BCUT2D eigenvalue weighted by Crippen LogP contribution is -2.36. The zero-order chi connectivity index (χ0) is 18.6. The number of benzene rings is 2. The number of hydrogen-bond acceptors (Lipinski definition) is 3. The fourth-order valence-electron chi connectivity index (χ4n) is 2.40. The Morgan fingerprint density at radius 2 is 1.68 bits per heavy atom. The fourth-order valence-corrected chi connectivity index (χ4v) is 2.70. The van der Waals surface area contributed by atoms with Gasteiger partial charge in [0.2, 0.25) is 0 Å².